The summed E-state index contributed by atoms with van der Waals surface area (Å²) in [5.74, 6) is -2.79. The maximum atomic E-state index is 11.2. The number of aliphatic hydroxyl groups is 3. The lowest BCUT2D eigenvalue weighted by molar-refractivity contribution is -0.315. The molecule has 1 rings (SSSR count). The minimum absolute atomic E-state index is 0.0203. The Bertz CT molecular complexity index is 260. The summed E-state index contributed by atoms with van der Waals surface area (Å²) in [5, 5.41) is 25.8. The van der Waals surface area contributed by atoms with Gasteiger partial charge >= 0.3 is 0 Å². The van der Waals surface area contributed by atoms with Gasteiger partial charge in [-0.15, -0.1) is 0 Å². The van der Waals surface area contributed by atoms with Crippen LogP contribution >= 0.6 is 0 Å². The molecule has 0 saturated carbocycles. The molecule has 78 valence electrons. The summed E-state index contributed by atoms with van der Waals surface area (Å²) < 4.78 is 0. The fourth-order valence-electron chi connectivity index (χ4n) is 1.36. The van der Waals surface area contributed by atoms with E-state index in [1.807, 2.05) is 0 Å². The minimum atomic E-state index is -2.61. The molecule has 14 heavy (non-hydrogen) atoms. The third-order valence-corrected chi connectivity index (χ3v) is 2.11. The number of rotatable bonds is 4. The number of carbonyl (C=O) groups excluding carboxylic acids is 1. The third kappa shape index (κ3) is 3.83. The van der Waals surface area contributed by atoms with Crippen LogP contribution < -0.4 is 0 Å². The quantitative estimate of drug-likeness (QED) is 0.560. The minimum Gasteiger partial charge on any atom is -0.344 e. The van der Waals surface area contributed by atoms with Crippen molar-refractivity contribution in [3.63, 3.8) is 0 Å². The van der Waals surface area contributed by atoms with Crippen LogP contribution in [-0.2, 0) is 4.79 Å². The molecule has 0 radical (unpaired) electrons. The summed E-state index contributed by atoms with van der Waals surface area (Å²) in [7, 11) is 0. The first-order valence-electron chi connectivity index (χ1n) is 4.55. The number of allylic oxidation sites excluding steroid dienone is 4. The second-order valence-corrected chi connectivity index (χ2v) is 3.42. The van der Waals surface area contributed by atoms with E-state index in [-0.39, 0.29) is 18.1 Å². The van der Waals surface area contributed by atoms with E-state index in [0.717, 1.165) is 0 Å². The van der Waals surface area contributed by atoms with Gasteiger partial charge in [0.15, 0.2) is 5.78 Å². The molecule has 1 aliphatic carbocycles. The van der Waals surface area contributed by atoms with Gasteiger partial charge in [-0.3, -0.25) is 4.79 Å². The molecule has 0 aromatic heterocycles. The Morgan fingerprint density at radius 1 is 1.29 bits per heavy atom. The molecule has 0 saturated heterocycles. The van der Waals surface area contributed by atoms with Crippen LogP contribution in [0.4, 0.5) is 0 Å². The van der Waals surface area contributed by atoms with Gasteiger partial charge in [-0.1, -0.05) is 18.2 Å². The summed E-state index contributed by atoms with van der Waals surface area (Å²) in [4.78, 5) is 11.2. The van der Waals surface area contributed by atoms with Gasteiger partial charge in [-0.05, 0) is 18.9 Å². The van der Waals surface area contributed by atoms with Gasteiger partial charge in [0.25, 0.3) is 5.97 Å². The largest absolute Gasteiger partial charge is 0.344 e. The van der Waals surface area contributed by atoms with Crippen molar-refractivity contribution in [1.82, 2.24) is 0 Å². The van der Waals surface area contributed by atoms with Gasteiger partial charge < -0.3 is 15.3 Å². The number of carbonyl (C=O) groups is 1. The first-order valence-corrected chi connectivity index (χ1v) is 4.55. The van der Waals surface area contributed by atoms with Crippen LogP contribution in [0.2, 0.25) is 0 Å². The Balaban J connectivity index is 2.29. The zero-order chi connectivity index (χ0) is 10.6. The summed E-state index contributed by atoms with van der Waals surface area (Å²) in [6.07, 6.45) is 7.49. The van der Waals surface area contributed by atoms with Crippen LogP contribution in [0.25, 0.3) is 0 Å². The fraction of sp³-hybridized carbons (Fsp3) is 0.500. The van der Waals surface area contributed by atoms with E-state index in [0.29, 0.717) is 12.8 Å². The summed E-state index contributed by atoms with van der Waals surface area (Å²) >= 11 is 0. The molecule has 3 N–H and O–H groups in total. The van der Waals surface area contributed by atoms with E-state index >= 15 is 0 Å². The lowest BCUT2D eigenvalue weighted by atomic mass is 9.93. The van der Waals surface area contributed by atoms with Crippen LogP contribution in [0.3, 0.4) is 0 Å². The molecule has 0 bridgehead atoms. The number of hydrogen-bond donors (Lipinski definition) is 3. The van der Waals surface area contributed by atoms with Crippen molar-refractivity contribution >= 4 is 5.78 Å². The normalized spacial score (nSPS) is 21.6. The van der Waals surface area contributed by atoms with Crippen molar-refractivity contribution in [3.05, 3.63) is 24.3 Å². The highest BCUT2D eigenvalue weighted by atomic mass is 16.7. The van der Waals surface area contributed by atoms with Gasteiger partial charge in [0.1, 0.15) is 0 Å². The topological polar surface area (TPSA) is 77.8 Å². The van der Waals surface area contributed by atoms with E-state index in [4.69, 9.17) is 15.3 Å². The SMILES string of the molecule is O=C1C=CC=CC1CCCC(O)(O)O. The van der Waals surface area contributed by atoms with Crippen LogP contribution in [0.1, 0.15) is 19.3 Å². The van der Waals surface area contributed by atoms with Crippen molar-refractivity contribution in [3.8, 4) is 0 Å². The fourth-order valence-corrected chi connectivity index (χ4v) is 1.36. The van der Waals surface area contributed by atoms with E-state index in [2.05, 4.69) is 0 Å². The Kier molecular flexibility index (Phi) is 3.57. The Morgan fingerprint density at radius 3 is 2.57 bits per heavy atom. The molecule has 1 aliphatic rings. The van der Waals surface area contributed by atoms with Gasteiger partial charge in [0, 0.05) is 12.3 Å². The Hall–Kier alpha value is -0.970. The van der Waals surface area contributed by atoms with Crippen molar-refractivity contribution in [1.29, 1.82) is 0 Å². The molecule has 0 fully saturated rings. The van der Waals surface area contributed by atoms with Crippen LogP contribution in [-0.4, -0.2) is 27.1 Å². The number of ketones is 1. The second kappa shape index (κ2) is 4.50. The van der Waals surface area contributed by atoms with E-state index in [9.17, 15) is 4.79 Å². The zero-order valence-corrected chi connectivity index (χ0v) is 7.76. The van der Waals surface area contributed by atoms with E-state index < -0.39 is 5.97 Å². The molecule has 1 unspecified atom stereocenters. The standard InChI is InChI=1S/C10H14O4/c11-9-6-2-1-4-8(9)5-3-7-10(12,13)14/h1-2,4,6,8,12-14H,3,5,7H2. The molecule has 0 amide bonds. The van der Waals surface area contributed by atoms with Crippen molar-refractivity contribution < 1.29 is 20.1 Å². The molecule has 1 atom stereocenters. The molecule has 0 spiro atoms. The maximum Gasteiger partial charge on any atom is 0.275 e. The Labute approximate surface area is 82.2 Å². The smallest absolute Gasteiger partial charge is 0.275 e. The lowest BCUT2D eigenvalue weighted by Gasteiger charge is -2.15. The predicted octanol–water partition coefficient (Wildman–Crippen LogP) is 0.0987. The highest BCUT2D eigenvalue weighted by Crippen LogP contribution is 2.17. The summed E-state index contributed by atoms with van der Waals surface area (Å²) in [6.45, 7) is 0. The van der Waals surface area contributed by atoms with Crippen molar-refractivity contribution in [2.45, 2.75) is 25.2 Å². The first kappa shape index (κ1) is 11.1. The molecule has 0 aromatic rings. The summed E-state index contributed by atoms with van der Waals surface area (Å²) in [6, 6.07) is 0. The average Bonchev–Trinajstić information content (AvgIpc) is 2.06. The van der Waals surface area contributed by atoms with Gasteiger partial charge in [-0.25, -0.2) is 0 Å². The summed E-state index contributed by atoms with van der Waals surface area (Å²) in [5.41, 5.74) is 0. The highest BCUT2D eigenvalue weighted by molar-refractivity contribution is 5.94. The molecular formula is C10H14O4. The highest BCUT2D eigenvalue weighted by Gasteiger charge is 2.20. The van der Waals surface area contributed by atoms with Crippen LogP contribution in [0.15, 0.2) is 24.3 Å². The second-order valence-electron chi connectivity index (χ2n) is 3.42. The van der Waals surface area contributed by atoms with Crippen molar-refractivity contribution in [2.24, 2.45) is 5.92 Å². The molecule has 4 heteroatoms. The molecule has 4 nitrogen and oxygen atoms in total. The molecule has 0 heterocycles. The van der Waals surface area contributed by atoms with Crippen LogP contribution in [0.5, 0.6) is 0 Å². The molecule has 0 aromatic carbocycles. The van der Waals surface area contributed by atoms with Gasteiger partial charge in [0.2, 0.25) is 0 Å². The molecule has 0 aliphatic heterocycles. The molecular weight excluding hydrogens is 184 g/mol. The average molecular weight is 198 g/mol. The number of hydrogen-bond acceptors (Lipinski definition) is 4. The predicted molar refractivity (Wildman–Crippen MR) is 50.0 cm³/mol. The van der Waals surface area contributed by atoms with Gasteiger partial charge in [0.05, 0.1) is 0 Å². The van der Waals surface area contributed by atoms with Gasteiger partial charge in [-0.2, -0.15) is 0 Å². The maximum absolute atomic E-state index is 11.2. The Morgan fingerprint density at radius 2 is 2.00 bits per heavy atom. The lowest BCUT2D eigenvalue weighted by Crippen LogP contribution is -2.27. The van der Waals surface area contributed by atoms with E-state index in [1.54, 1.807) is 18.2 Å². The van der Waals surface area contributed by atoms with Crippen LogP contribution in [0, 0.1) is 5.92 Å². The third-order valence-electron chi connectivity index (χ3n) is 2.11. The van der Waals surface area contributed by atoms with E-state index in [1.165, 1.54) is 6.08 Å². The zero-order valence-electron chi connectivity index (χ0n) is 7.76. The first-order chi connectivity index (χ1) is 6.49. The van der Waals surface area contributed by atoms with Crippen molar-refractivity contribution in [2.75, 3.05) is 0 Å². The monoisotopic (exact) mass is 198 g/mol.